The number of ketones is 1. The van der Waals surface area contributed by atoms with Crippen LogP contribution in [0.3, 0.4) is 0 Å². The van der Waals surface area contributed by atoms with Gasteiger partial charge in [0.05, 0.1) is 12.2 Å². The van der Waals surface area contributed by atoms with Gasteiger partial charge in [-0.1, -0.05) is 13.8 Å². The van der Waals surface area contributed by atoms with Gasteiger partial charge >= 0.3 is 6.03 Å². The van der Waals surface area contributed by atoms with Gasteiger partial charge in [-0.05, 0) is 13.3 Å². The SMILES string of the molecule is CCC(=O)CN1CCN(c2nc(C)c(CC)s2)C1=O. The highest BCUT2D eigenvalue weighted by molar-refractivity contribution is 7.15. The van der Waals surface area contributed by atoms with Crippen LogP contribution in [0, 0.1) is 6.92 Å². The summed E-state index contributed by atoms with van der Waals surface area (Å²) in [6.07, 6.45) is 1.41. The number of Topliss-reactive ketones (excluding diaryl/α,β-unsaturated/α-hetero) is 1. The van der Waals surface area contributed by atoms with Crippen LogP contribution in [0.15, 0.2) is 0 Å². The van der Waals surface area contributed by atoms with Crippen LogP contribution in [-0.2, 0) is 11.2 Å². The van der Waals surface area contributed by atoms with Gasteiger partial charge in [-0.25, -0.2) is 9.78 Å². The number of thiazole rings is 1. The number of nitrogens with zero attached hydrogens (tertiary/aromatic N) is 3. The average molecular weight is 281 g/mol. The first-order chi connectivity index (χ1) is 9.06. The minimum atomic E-state index is -0.0989. The van der Waals surface area contributed by atoms with Crippen molar-refractivity contribution in [2.45, 2.75) is 33.6 Å². The van der Waals surface area contributed by atoms with Crippen molar-refractivity contribution in [3.63, 3.8) is 0 Å². The lowest BCUT2D eigenvalue weighted by atomic mass is 10.3. The summed E-state index contributed by atoms with van der Waals surface area (Å²) in [6.45, 7) is 7.31. The molecule has 19 heavy (non-hydrogen) atoms. The van der Waals surface area contributed by atoms with Crippen molar-refractivity contribution in [3.05, 3.63) is 10.6 Å². The first-order valence-electron chi connectivity index (χ1n) is 6.61. The molecule has 2 heterocycles. The van der Waals surface area contributed by atoms with Crippen molar-refractivity contribution in [3.8, 4) is 0 Å². The van der Waals surface area contributed by atoms with Gasteiger partial charge in [-0.3, -0.25) is 9.69 Å². The smallest absolute Gasteiger partial charge is 0.315 e. The fraction of sp³-hybridized carbons (Fsp3) is 0.615. The Balaban J connectivity index is 2.10. The maximum absolute atomic E-state index is 12.2. The standard InChI is InChI=1S/C13H19N3O2S/c1-4-10(17)8-15-6-7-16(13(15)18)12-14-9(3)11(5-2)19-12/h4-8H2,1-3H3. The van der Waals surface area contributed by atoms with Gasteiger partial charge in [-0.15, -0.1) is 11.3 Å². The van der Waals surface area contributed by atoms with E-state index in [4.69, 9.17) is 0 Å². The molecule has 0 unspecified atom stereocenters. The lowest BCUT2D eigenvalue weighted by Crippen LogP contribution is -2.35. The zero-order valence-electron chi connectivity index (χ0n) is 11.6. The van der Waals surface area contributed by atoms with E-state index < -0.39 is 0 Å². The van der Waals surface area contributed by atoms with Crippen molar-refractivity contribution < 1.29 is 9.59 Å². The Bertz CT molecular complexity index is 498. The number of aryl methyl sites for hydroxylation is 2. The summed E-state index contributed by atoms with van der Waals surface area (Å²) in [5.74, 6) is 0.0970. The van der Waals surface area contributed by atoms with E-state index in [-0.39, 0.29) is 18.4 Å². The van der Waals surface area contributed by atoms with Gasteiger partial charge < -0.3 is 4.90 Å². The van der Waals surface area contributed by atoms with E-state index in [1.807, 2.05) is 13.8 Å². The third-order valence-electron chi connectivity index (χ3n) is 3.29. The Labute approximate surface area is 117 Å². The second-order valence-corrected chi connectivity index (χ2v) is 5.67. The quantitative estimate of drug-likeness (QED) is 0.831. The molecule has 104 valence electrons. The van der Waals surface area contributed by atoms with Crippen LogP contribution in [0.4, 0.5) is 9.93 Å². The molecular weight excluding hydrogens is 262 g/mol. The van der Waals surface area contributed by atoms with Crippen molar-refractivity contribution in [1.82, 2.24) is 9.88 Å². The fourth-order valence-electron chi connectivity index (χ4n) is 2.09. The maximum atomic E-state index is 12.2. The summed E-state index contributed by atoms with van der Waals surface area (Å²) >= 11 is 1.57. The molecule has 1 aromatic heterocycles. The first kappa shape index (κ1) is 14.0. The van der Waals surface area contributed by atoms with Crippen LogP contribution in [0.2, 0.25) is 0 Å². The number of amides is 2. The molecule has 2 amide bonds. The summed E-state index contributed by atoms with van der Waals surface area (Å²) in [6, 6.07) is -0.0989. The molecule has 1 aromatic rings. The normalized spacial score (nSPS) is 15.4. The van der Waals surface area contributed by atoms with Crippen molar-refractivity contribution in [1.29, 1.82) is 0 Å². The van der Waals surface area contributed by atoms with Gasteiger partial charge in [0, 0.05) is 24.4 Å². The van der Waals surface area contributed by atoms with E-state index in [1.54, 1.807) is 21.1 Å². The Kier molecular flexibility index (Phi) is 4.19. The highest BCUT2D eigenvalue weighted by Gasteiger charge is 2.32. The third-order valence-corrected chi connectivity index (χ3v) is 4.61. The Morgan fingerprint density at radius 3 is 2.68 bits per heavy atom. The molecule has 0 N–H and O–H groups in total. The largest absolute Gasteiger partial charge is 0.326 e. The minimum Gasteiger partial charge on any atom is -0.315 e. The predicted molar refractivity (Wildman–Crippen MR) is 75.8 cm³/mol. The van der Waals surface area contributed by atoms with Gasteiger partial charge in [-0.2, -0.15) is 0 Å². The number of hydrogen-bond acceptors (Lipinski definition) is 4. The van der Waals surface area contributed by atoms with E-state index >= 15 is 0 Å². The summed E-state index contributed by atoms with van der Waals surface area (Å²) in [7, 11) is 0. The molecule has 0 aromatic carbocycles. The molecule has 5 nitrogen and oxygen atoms in total. The number of aromatic nitrogens is 1. The van der Waals surface area contributed by atoms with E-state index in [1.165, 1.54) is 4.88 Å². The maximum Gasteiger partial charge on any atom is 0.326 e. The van der Waals surface area contributed by atoms with Gasteiger partial charge in [0.25, 0.3) is 0 Å². The zero-order valence-corrected chi connectivity index (χ0v) is 12.4. The number of anilines is 1. The van der Waals surface area contributed by atoms with E-state index in [0.29, 0.717) is 19.5 Å². The molecule has 1 saturated heterocycles. The number of urea groups is 1. The molecule has 0 spiro atoms. The van der Waals surface area contributed by atoms with E-state index in [2.05, 4.69) is 11.9 Å². The average Bonchev–Trinajstić information content (AvgIpc) is 2.93. The Morgan fingerprint density at radius 2 is 2.11 bits per heavy atom. The zero-order chi connectivity index (χ0) is 14.0. The number of carbonyl (C=O) groups is 2. The Morgan fingerprint density at radius 1 is 1.37 bits per heavy atom. The molecule has 6 heteroatoms. The lowest BCUT2D eigenvalue weighted by molar-refractivity contribution is -0.119. The van der Waals surface area contributed by atoms with Crippen LogP contribution < -0.4 is 4.90 Å². The highest BCUT2D eigenvalue weighted by Crippen LogP contribution is 2.28. The van der Waals surface area contributed by atoms with Crippen LogP contribution in [0.25, 0.3) is 0 Å². The van der Waals surface area contributed by atoms with Crippen molar-refractivity contribution in [2.75, 3.05) is 24.5 Å². The molecular formula is C13H19N3O2S. The van der Waals surface area contributed by atoms with Crippen LogP contribution in [0.5, 0.6) is 0 Å². The lowest BCUT2D eigenvalue weighted by Gasteiger charge is -2.15. The molecule has 1 fully saturated rings. The molecule has 1 aliphatic rings. The molecule has 0 bridgehead atoms. The molecule has 0 saturated carbocycles. The van der Waals surface area contributed by atoms with E-state index in [9.17, 15) is 9.59 Å². The topological polar surface area (TPSA) is 53.5 Å². The second kappa shape index (κ2) is 5.69. The summed E-state index contributed by atoms with van der Waals surface area (Å²) in [5.41, 5.74) is 0.999. The molecule has 0 radical (unpaired) electrons. The molecule has 0 aliphatic carbocycles. The summed E-state index contributed by atoms with van der Waals surface area (Å²) in [5, 5.41) is 0.755. The molecule has 1 aliphatic heterocycles. The second-order valence-electron chi connectivity index (χ2n) is 4.61. The first-order valence-corrected chi connectivity index (χ1v) is 7.42. The van der Waals surface area contributed by atoms with Crippen molar-refractivity contribution >= 4 is 28.3 Å². The van der Waals surface area contributed by atoms with Crippen LogP contribution in [-0.4, -0.2) is 41.3 Å². The minimum absolute atomic E-state index is 0.0970. The van der Waals surface area contributed by atoms with Crippen LogP contribution in [0.1, 0.15) is 30.8 Å². The summed E-state index contributed by atoms with van der Waals surface area (Å²) in [4.78, 5) is 32.6. The number of hydrogen-bond donors (Lipinski definition) is 0. The van der Waals surface area contributed by atoms with Gasteiger partial charge in [0.1, 0.15) is 0 Å². The fourth-order valence-corrected chi connectivity index (χ4v) is 3.11. The molecule has 2 rings (SSSR count). The monoisotopic (exact) mass is 281 g/mol. The number of carbonyl (C=O) groups excluding carboxylic acids is 2. The van der Waals surface area contributed by atoms with Gasteiger partial charge in [0.2, 0.25) is 0 Å². The predicted octanol–water partition coefficient (Wildman–Crippen LogP) is 2.24. The summed E-state index contributed by atoms with van der Waals surface area (Å²) < 4.78 is 0. The molecule has 0 atom stereocenters. The highest BCUT2D eigenvalue weighted by atomic mass is 32.1. The van der Waals surface area contributed by atoms with Crippen LogP contribution >= 0.6 is 11.3 Å². The Hall–Kier alpha value is -1.43. The third kappa shape index (κ3) is 2.78. The van der Waals surface area contributed by atoms with Gasteiger partial charge in [0.15, 0.2) is 10.9 Å². The van der Waals surface area contributed by atoms with Crippen molar-refractivity contribution in [2.24, 2.45) is 0 Å². The number of rotatable bonds is 5. The van der Waals surface area contributed by atoms with E-state index in [0.717, 1.165) is 17.2 Å².